The summed E-state index contributed by atoms with van der Waals surface area (Å²) in [4.78, 5) is 21.6. The summed E-state index contributed by atoms with van der Waals surface area (Å²) in [6.07, 6.45) is 5.46. The van der Waals surface area contributed by atoms with Crippen molar-refractivity contribution < 1.29 is 4.79 Å². The van der Waals surface area contributed by atoms with Gasteiger partial charge in [-0.2, -0.15) is 0 Å². The van der Waals surface area contributed by atoms with Crippen molar-refractivity contribution in [3.05, 3.63) is 63.8 Å². The van der Waals surface area contributed by atoms with Crippen LogP contribution in [0.25, 0.3) is 10.9 Å². The first-order chi connectivity index (χ1) is 16.0. The quantitative estimate of drug-likeness (QED) is 0.455. The lowest BCUT2D eigenvalue weighted by atomic mass is 10.1. The van der Waals surface area contributed by atoms with Crippen LogP contribution >= 0.6 is 24.0 Å². The minimum atomic E-state index is 0. The smallest absolute Gasteiger partial charge is 0.252 e. The number of carbonyl (C=O) groups excluding carboxylic acids is 1. The summed E-state index contributed by atoms with van der Waals surface area (Å²) in [6.45, 7) is 7.96. The number of hydrogen-bond acceptors (Lipinski definition) is 3. The molecule has 3 aromatic rings. The van der Waals surface area contributed by atoms with Crippen molar-refractivity contribution in [2.75, 3.05) is 31.1 Å². The Morgan fingerprint density at radius 2 is 1.94 bits per heavy atom. The van der Waals surface area contributed by atoms with Gasteiger partial charge in [-0.15, -0.1) is 12.4 Å². The Morgan fingerprint density at radius 1 is 1.15 bits per heavy atom. The van der Waals surface area contributed by atoms with Gasteiger partial charge < -0.3 is 15.2 Å². The molecule has 1 amide bonds. The van der Waals surface area contributed by atoms with Gasteiger partial charge in [0.2, 0.25) is 0 Å². The van der Waals surface area contributed by atoms with E-state index in [9.17, 15) is 4.79 Å². The average Bonchev–Trinajstić information content (AvgIpc) is 3.42. The molecule has 0 spiro atoms. The first-order valence-corrected chi connectivity index (χ1v) is 12.6. The van der Waals surface area contributed by atoms with E-state index < -0.39 is 0 Å². The molecule has 5 rings (SSSR count). The normalized spacial score (nSPS) is 16.9. The minimum absolute atomic E-state index is 0. The summed E-state index contributed by atoms with van der Waals surface area (Å²) in [6, 6.07) is 12.2. The van der Waals surface area contributed by atoms with E-state index in [4.69, 9.17) is 11.6 Å². The van der Waals surface area contributed by atoms with E-state index in [0.717, 1.165) is 73.5 Å². The molecule has 2 N–H and O–H groups in total. The van der Waals surface area contributed by atoms with E-state index in [-0.39, 0.29) is 24.5 Å². The molecular formula is C27H34Cl2N4O. The second-order valence-corrected chi connectivity index (χ2v) is 9.79. The largest absolute Gasteiger partial charge is 0.369 e. The number of aromatic amines is 1. The highest BCUT2D eigenvalue weighted by molar-refractivity contribution is 6.31. The van der Waals surface area contributed by atoms with Crippen LogP contribution in [0.5, 0.6) is 0 Å². The molecular weight excluding hydrogens is 467 g/mol. The SMILES string of the molecule is CCCC(NC(=O)c1ccc2[nH]c3c(c2c1)CCC3)N1CCN(c2cccc(Cl)c2C)CC1.Cl. The van der Waals surface area contributed by atoms with Crippen LogP contribution in [0.15, 0.2) is 36.4 Å². The molecule has 1 aliphatic carbocycles. The van der Waals surface area contributed by atoms with Crippen molar-refractivity contribution in [1.29, 1.82) is 0 Å². The van der Waals surface area contributed by atoms with E-state index in [1.54, 1.807) is 0 Å². The number of nitrogens with one attached hydrogen (secondary N) is 2. The predicted molar refractivity (Wildman–Crippen MR) is 144 cm³/mol. The molecule has 1 fully saturated rings. The Balaban J connectivity index is 0.00000274. The topological polar surface area (TPSA) is 51.4 Å². The van der Waals surface area contributed by atoms with E-state index >= 15 is 0 Å². The molecule has 2 aliphatic rings. The second kappa shape index (κ2) is 10.6. The number of aryl methyl sites for hydroxylation is 2. The Hall–Kier alpha value is -2.21. The first-order valence-electron chi connectivity index (χ1n) is 12.2. The number of fused-ring (bicyclic) bond motifs is 3. The van der Waals surface area contributed by atoms with Crippen LogP contribution in [0.3, 0.4) is 0 Å². The fourth-order valence-electron chi connectivity index (χ4n) is 5.45. The molecule has 1 aromatic heterocycles. The predicted octanol–water partition coefficient (Wildman–Crippen LogP) is 5.72. The van der Waals surface area contributed by atoms with Gasteiger partial charge in [0, 0.05) is 59.0 Å². The van der Waals surface area contributed by atoms with Gasteiger partial charge in [0.15, 0.2) is 0 Å². The lowest BCUT2D eigenvalue weighted by Crippen LogP contribution is -2.56. The van der Waals surface area contributed by atoms with Gasteiger partial charge in [-0.25, -0.2) is 0 Å². The molecule has 1 unspecified atom stereocenters. The van der Waals surface area contributed by atoms with Crippen LogP contribution < -0.4 is 10.2 Å². The van der Waals surface area contributed by atoms with Crippen molar-refractivity contribution in [2.24, 2.45) is 0 Å². The summed E-state index contributed by atoms with van der Waals surface area (Å²) >= 11 is 6.34. The molecule has 1 saturated heterocycles. The molecule has 7 heteroatoms. The van der Waals surface area contributed by atoms with Crippen LogP contribution in [0, 0.1) is 6.92 Å². The summed E-state index contributed by atoms with van der Waals surface area (Å²) in [5.74, 6) is 0.0245. The highest BCUT2D eigenvalue weighted by atomic mass is 35.5. The molecule has 2 aromatic carbocycles. The van der Waals surface area contributed by atoms with Gasteiger partial charge >= 0.3 is 0 Å². The van der Waals surface area contributed by atoms with Gasteiger partial charge in [-0.3, -0.25) is 9.69 Å². The standard InChI is InChI=1S/C27H33ClN4O.ClH/c1-3-6-26(32-15-13-31(14-16-32)25-10-5-8-22(28)18(25)2)30-27(33)19-11-12-24-21(17-19)20-7-4-9-23(20)29-24;/h5,8,10-12,17,26,29H,3-4,6-7,9,13-16H2,1-2H3,(H,30,33);1H. The highest BCUT2D eigenvalue weighted by Gasteiger charge is 2.26. The molecule has 0 bridgehead atoms. The zero-order valence-electron chi connectivity index (χ0n) is 20.0. The molecule has 1 atom stereocenters. The third kappa shape index (κ3) is 4.79. The van der Waals surface area contributed by atoms with E-state index in [1.165, 1.54) is 28.8 Å². The lowest BCUT2D eigenvalue weighted by molar-refractivity contribution is 0.0824. The number of halogens is 2. The summed E-state index contributed by atoms with van der Waals surface area (Å²) in [7, 11) is 0. The molecule has 0 saturated carbocycles. The maximum Gasteiger partial charge on any atom is 0.252 e. The van der Waals surface area contributed by atoms with Crippen molar-refractivity contribution in [3.8, 4) is 0 Å². The zero-order chi connectivity index (χ0) is 22.9. The van der Waals surface area contributed by atoms with Gasteiger partial charge in [0.05, 0.1) is 6.17 Å². The minimum Gasteiger partial charge on any atom is -0.369 e. The fraction of sp³-hybridized carbons (Fsp3) is 0.444. The zero-order valence-corrected chi connectivity index (χ0v) is 21.6. The maximum atomic E-state index is 13.2. The van der Waals surface area contributed by atoms with E-state index in [2.05, 4.69) is 52.1 Å². The molecule has 182 valence electrons. The number of nitrogens with zero attached hydrogens (tertiary/aromatic N) is 2. The van der Waals surface area contributed by atoms with Gasteiger partial charge in [-0.1, -0.05) is 31.0 Å². The van der Waals surface area contributed by atoms with E-state index in [0.29, 0.717) is 0 Å². The van der Waals surface area contributed by atoms with Crippen LogP contribution in [-0.2, 0) is 12.8 Å². The number of rotatable bonds is 6. The number of hydrogen-bond donors (Lipinski definition) is 2. The van der Waals surface area contributed by atoms with Crippen molar-refractivity contribution in [2.45, 2.75) is 52.1 Å². The number of amides is 1. The Morgan fingerprint density at radius 3 is 2.71 bits per heavy atom. The second-order valence-electron chi connectivity index (χ2n) is 9.38. The van der Waals surface area contributed by atoms with Crippen molar-refractivity contribution >= 4 is 46.5 Å². The summed E-state index contributed by atoms with van der Waals surface area (Å²) in [5.41, 5.74) is 7.00. The van der Waals surface area contributed by atoms with Crippen molar-refractivity contribution in [1.82, 2.24) is 15.2 Å². The van der Waals surface area contributed by atoms with Crippen LogP contribution in [0.4, 0.5) is 5.69 Å². The third-order valence-corrected chi connectivity index (χ3v) is 7.71. The lowest BCUT2D eigenvalue weighted by Gasteiger charge is -2.41. The van der Waals surface area contributed by atoms with Gasteiger partial charge in [0.1, 0.15) is 0 Å². The van der Waals surface area contributed by atoms with Crippen LogP contribution in [0.1, 0.15) is 53.4 Å². The number of H-pyrrole nitrogens is 1. The monoisotopic (exact) mass is 500 g/mol. The maximum absolute atomic E-state index is 13.2. The average molecular weight is 502 g/mol. The number of carbonyl (C=O) groups is 1. The molecule has 0 radical (unpaired) electrons. The molecule has 5 nitrogen and oxygen atoms in total. The van der Waals surface area contributed by atoms with Gasteiger partial charge in [0.25, 0.3) is 5.91 Å². The Bertz CT molecular complexity index is 1170. The molecule has 2 heterocycles. The number of piperazine rings is 1. The molecule has 34 heavy (non-hydrogen) atoms. The first kappa shape index (κ1) is 24.9. The summed E-state index contributed by atoms with van der Waals surface area (Å²) < 4.78 is 0. The Kier molecular flexibility index (Phi) is 7.76. The van der Waals surface area contributed by atoms with Gasteiger partial charge in [-0.05, 0) is 74.1 Å². The number of aromatic nitrogens is 1. The van der Waals surface area contributed by atoms with E-state index in [1.807, 2.05) is 18.2 Å². The van der Waals surface area contributed by atoms with Crippen molar-refractivity contribution in [3.63, 3.8) is 0 Å². The number of anilines is 1. The van der Waals surface area contributed by atoms with Crippen LogP contribution in [-0.4, -0.2) is 48.1 Å². The highest BCUT2D eigenvalue weighted by Crippen LogP contribution is 2.31. The Labute approximate surface area is 213 Å². The third-order valence-electron chi connectivity index (χ3n) is 7.30. The van der Waals surface area contributed by atoms with Crippen LogP contribution in [0.2, 0.25) is 5.02 Å². The molecule has 1 aliphatic heterocycles. The fourth-order valence-corrected chi connectivity index (χ4v) is 5.62. The number of benzene rings is 2. The summed E-state index contributed by atoms with van der Waals surface area (Å²) in [5, 5.41) is 5.37.